The molecule has 20 heteroatoms. The SMILES string of the molecule is COc1cc(O)c2cc1C(c1ccc(C(=O)OCCOC3CCCCC3)cc1)c1cc(c(OC)cc1O)C(c1ccc(C(=O)OCCOC3CCCCC3)cc1)c1cc(c(CO)cc1O)C(c1ccc(C(=O)OCCOC3CCCCC3)cc1)c1cc(c(CO)cc1O)C2c1ccc(C(=O)OCCOC2CCCCC2)cc1. The van der Waals surface area contributed by atoms with Crippen LogP contribution in [0.15, 0.2) is 146 Å². The second-order valence-electron chi connectivity index (χ2n) is 30.1. The first-order valence-corrected chi connectivity index (χ1v) is 40.0. The standard InChI is InChI=1S/C92H104O20/c1-103-83-53-81(97)75-51-77(83)88(60-29-37-64(38-30-60)92(102)112-46-42-108-70-21-13-6-14-22-70)76-52-78(84(104-2)54-82(76)98)87(59-27-35-63(36-28-59)91(101)111-45-41-107-69-19-11-5-12-20-69)74-50-72(66(56-94)48-80(74)96)85(57-23-31-61(32-24-57)89(99)109-43-39-105-67-15-7-3-8-16-67)73-49-71(65(55-93)47-79(73)95)86(75)58-25-33-62(34-26-58)90(100)110-44-40-106-68-17-9-4-10-18-68/h23-38,47-54,67-70,85-88,93-98H,3-22,39-46,55-56H2,1-2H3. The summed E-state index contributed by atoms with van der Waals surface area (Å²) >= 11 is 0. The molecule has 4 saturated carbocycles. The molecule has 8 bridgehead atoms. The summed E-state index contributed by atoms with van der Waals surface area (Å²) in [4.78, 5) is 55.8. The highest BCUT2D eigenvalue weighted by Gasteiger charge is 2.37. The summed E-state index contributed by atoms with van der Waals surface area (Å²) in [7, 11) is 2.90. The molecule has 13 rings (SSSR count). The molecular formula is C92H104O20. The van der Waals surface area contributed by atoms with Crippen molar-refractivity contribution in [1.29, 1.82) is 0 Å². The summed E-state index contributed by atoms with van der Waals surface area (Å²) in [6, 6.07) is 39.6. The van der Waals surface area contributed by atoms with E-state index < -0.39 is 60.8 Å². The summed E-state index contributed by atoms with van der Waals surface area (Å²) in [6.07, 6.45) is 21.5. The molecule has 4 atom stereocenters. The van der Waals surface area contributed by atoms with Gasteiger partial charge in [-0.25, -0.2) is 19.2 Å². The van der Waals surface area contributed by atoms with Gasteiger partial charge < -0.3 is 78.0 Å². The molecule has 4 unspecified atom stereocenters. The Bertz CT molecular complexity index is 3920. The number of phenolic OH excluding ortho intramolecular Hbond substituents is 4. The van der Waals surface area contributed by atoms with Crippen LogP contribution in [0.1, 0.15) is 271 Å². The van der Waals surface area contributed by atoms with Crippen molar-refractivity contribution in [3.8, 4) is 34.5 Å². The van der Waals surface area contributed by atoms with E-state index in [-0.39, 0.29) is 167 Å². The molecule has 6 N–H and O–H groups in total. The number of esters is 4. The summed E-state index contributed by atoms with van der Waals surface area (Å²) in [5, 5.41) is 75.5. The lowest BCUT2D eigenvalue weighted by Gasteiger charge is -2.31. The summed E-state index contributed by atoms with van der Waals surface area (Å²) < 4.78 is 60.1. The van der Waals surface area contributed by atoms with Crippen LogP contribution in [0.4, 0.5) is 0 Å². The smallest absolute Gasteiger partial charge is 0.338 e. The van der Waals surface area contributed by atoms with Gasteiger partial charge in [0.15, 0.2) is 0 Å². The van der Waals surface area contributed by atoms with Gasteiger partial charge in [-0.1, -0.05) is 126 Å². The molecule has 0 saturated heterocycles. The van der Waals surface area contributed by atoms with Crippen LogP contribution in [0.2, 0.25) is 0 Å². The maximum absolute atomic E-state index is 14.0. The van der Waals surface area contributed by atoms with Crippen LogP contribution in [0.25, 0.3) is 0 Å². The van der Waals surface area contributed by atoms with E-state index in [1.54, 1.807) is 121 Å². The Kier molecular flexibility index (Phi) is 27.7. The first-order valence-electron chi connectivity index (χ1n) is 40.0. The number of hydrogen-bond acceptors (Lipinski definition) is 20. The molecule has 0 amide bonds. The van der Waals surface area contributed by atoms with Crippen LogP contribution in [-0.4, -0.2) is 146 Å². The third kappa shape index (κ3) is 19.3. The molecular weight excluding hydrogens is 1420 g/mol. The molecule has 0 heterocycles. The van der Waals surface area contributed by atoms with E-state index in [1.807, 2.05) is 0 Å². The fraction of sp³-hybridized carbons (Fsp3) is 0.435. The molecule has 8 aromatic carbocycles. The van der Waals surface area contributed by atoms with Crippen molar-refractivity contribution in [2.75, 3.05) is 67.1 Å². The van der Waals surface area contributed by atoms with Gasteiger partial charge in [0.05, 0.1) is 101 Å². The number of carbonyl (C=O) groups excluding carboxylic acids is 4. The number of fused-ring (bicyclic) bond motifs is 8. The van der Waals surface area contributed by atoms with Crippen LogP contribution in [0.5, 0.6) is 34.5 Å². The third-order valence-corrected chi connectivity index (χ3v) is 23.0. The van der Waals surface area contributed by atoms with Crippen molar-refractivity contribution < 1.29 is 97.2 Å². The highest BCUT2D eigenvalue weighted by Crippen LogP contribution is 2.53. The van der Waals surface area contributed by atoms with Crippen LogP contribution < -0.4 is 9.47 Å². The van der Waals surface area contributed by atoms with Gasteiger partial charge in [0.25, 0.3) is 0 Å². The van der Waals surface area contributed by atoms with E-state index in [1.165, 1.54) is 64.2 Å². The van der Waals surface area contributed by atoms with Crippen molar-refractivity contribution in [2.45, 2.75) is 190 Å². The molecule has 4 fully saturated rings. The number of carbonyl (C=O) groups is 4. The number of phenols is 4. The Hall–Kier alpha value is -9.80. The Labute approximate surface area is 654 Å². The lowest BCUT2D eigenvalue weighted by molar-refractivity contribution is -0.00511. The van der Waals surface area contributed by atoms with Gasteiger partial charge in [0.1, 0.15) is 60.9 Å². The van der Waals surface area contributed by atoms with Crippen molar-refractivity contribution in [3.63, 3.8) is 0 Å². The zero-order chi connectivity index (χ0) is 78.0. The number of methoxy groups -OCH3 is 2. The first kappa shape index (κ1) is 80.3. The topological polar surface area (TPSA) is 282 Å². The van der Waals surface area contributed by atoms with Gasteiger partial charge in [-0.05, 0) is 181 Å². The molecule has 0 aliphatic heterocycles. The summed E-state index contributed by atoms with van der Waals surface area (Å²) in [5.41, 5.74) is 5.75. The van der Waals surface area contributed by atoms with Gasteiger partial charge in [-0.15, -0.1) is 0 Å². The average Bonchev–Trinajstić information content (AvgIpc) is 0.744. The van der Waals surface area contributed by atoms with Gasteiger partial charge in [-0.2, -0.15) is 0 Å². The van der Waals surface area contributed by atoms with E-state index in [4.69, 9.17) is 47.4 Å². The summed E-state index contributed by atoms with van der Waals surface area (Å²) in [5.74, 6) is -7.54. The van der Waals surface area contributed by atoms with E-state index in [2.05, 4.69) is 0 Å². The zero-order valence-corrected chi connectivity index (χ0v) is 64.1. The van der Waals surface area contributed by atoms with Gasteiger partial charge in [-0.3, -0.25) is 0 Å². The van der Waals surface area contributed by atoms with Crippen LogP contribution in [0, 0.1) is 0 Å². The zero-order valence-electron chi connectivity index (χ0n) is 64.1. The van der Waals surface area contributed by atoms with Crippen molar-refractivity contribution in [1.82, 2.24) is 0 Å². The predicted octanol–water partition coefficient (Wildman–Crippen LogP) is 16.6. The van der Waals surface area contributed by atoms with Gasteiger partial charge in [0, 0.05) is 69.2 Å². The highest BCUT2D eigenvalue weighted by molar-refractivity contribution is 5.91. The van der Waals surface area contributed by atoms with E-state index in [9.17, 15) is 49.8 Å². The van der Waals surface area contributed by atoms with Crippen molar-refractivity contribution in [2.24, 2.45) is 0 Å². The quantitative estimate of drug-likeness (QED) is 0.0151. The normalized spacial score (nSPS) is 18.5. The molecule has 592 valence electrons. The molecule has 112 heavy (non-hydrogen) atoms. The lowest BCUT2D eigenvalue weighted by atomic mass is 9.74. The molecule has 5 aliphatic carbocycles. The highest BCUT2D eigenvalue weighted by atomic mass is 16.6. The number of aliphatic hydroxyl groups excluding tert-OH is 2. The van der Waals surface area contributed by atoms with E-state index >= 15 is 0 Å². The van der Waals surface area contributed by atoms with Crippen molar-refractivity contribution >= 4 is 23.9 Å². The van der Waals surface area contributed by atoms with Crippen LogP contribution in [-0.2, 0) is 51.1 Å². The maximum atomic E-state index is 14.0. The average molecular weight is 1530 g/mol. The second-order valence-corrected chi connectivity index (χ2v) is 30.1. The molecule has 0 spiro atoms. The molecule has 5 aliphatic rings. The molecule has 8 aromatic rings. The van der Waals surface area contributed by atoms with Gasteiger partial charge in [0.2, 0.25) is 0 Å². The van der Waals surface area contributed by atoms with Crippen LogP contribution >= 0.6 is 0 Å². The number of benzene rings is 8. The largest absolute Gasteiger partial charge is 0.508 e. The first-order chi connectivity index (χ1) is 54.7. The molecule has 0 aromatic heterocycles. The third-order valence-electron chi connectivity index (χ3n) is 23.0. The van der Waals surface area contributed by atoms with E-state index in [0.29, 0.717) is 44.5 Å². The Morgan fingerprint density at radius 3 is 0.741 bits per heavy atom. The van der Waals surface area contributed by atoms with E-state index in [0.717, 1.165) is 103 Å². The summed E-state index contributed by atoms with van der Waals surface area (Å²) in [6.45, 7) is -0.229. The number of aliphatic hydroxyl groups is 2. The predicted molar refractivity (Wildman–Crippen MR) is 419 cm³/mol. The minimum absolute atomic E-state index is 0.0263. The fourth-order valence-electron chi connectivity index (χ4n) is 17.1. The number of ether oxygens (including phenoxy) is 10. The Morgan fingerprint density at radius 1 is 0.286 bits per heavy atom. The number of aromatic hydroxyl groups is 4. The Balaban J connectivity index is 0.992. The molecule has 20 nitrogen and oxygen atoms in total. The molecule has 0 radical (unpaired) electrons. The minimum Gasteiger partial charge on any atom is -0.508 e. The lowest BCUT2D eigenvalue weighted by Crippen LogP contribution is -2.20. The monoisotopic (exact) mass is 1530 g/mol. The Morgan fingerprint density at radius 2 is 0.509 bits per heavy atom. The van der Waals surface area contributed by atoms with Crippen LogP contribution in [0.3, 0.4) is 0 Å². The minimum atomic E-state index is -1.11. The van der Waals surface area contributed by atoms with Gasteiger partial charge >= 0.3 is 23.9 Å². The fourth-order valence-corrected chi connectivity index (χ4v) is 17.1. The maximum Gasteiger partial charge on any atom is 0.338 e. The second kappa shape index (κ2) is 38.6. The van der Waals surface area contributed by atoms with Crippen molar-refractivity contribution in [3.05, 3.63) is 246 Å². The number of rotatable bonds is 28. The number of hydrogen-bond donors (Lipinski definition) is 6.